The Morgan fingerprint density at radius 1 is 0.783 bits per heavy atom. The molecule has 262 valence electrons. The van der Waals surface area contributed by atoms with Crippen LogP contribution in [0.2, 0.25) is 0 Å². The van der Waals surface area contributed by atoms with Crippen molar-refractivity contribution >= 4 is 5.57 Å². The molecule has 0 radical (unpaired) electrons. The van der Waals surface area contributed by atoms with Crippen molar-refractivity contribution in [1.82, 2.24) is 0 Å². The van der Waals surface area contributed by atoms with Gasteiger partial charge in [-0.15, -0.1) is 6.58 Å². The van der Waals surface area contributed by atoms with Crippen LogP contribution in [0, 0.1) is 23.7 Å². The van der Waals surface area contributed by atoms with Gasteiger partial charge < -0.3 is 0 Å². The summed E-state index contributed by atoms with van der Waals surface area (Å²) >= 11 is 0. The van der Waals surface area contributed by atoms with E-state index < -0.39 is 0 Å². The number of unbranched alkanes of at least 4 members (excludes halogenated alkanes) is 4. The first-order valence-corrected chi connectivity index (χ1v) is 18.6. The molecule has 0 spiro atoms. The van der Waals surface area contributed by atoms with Gasteiger partial charge in [0.1, 0.15) is 0 Å². The van der Waals surface area contributed by atoms with Crippen molar-refractivity contribution in [2.75, 3.05) is 0 Å². The Balaban J connectivity index is 0. The van der Waals surface area contributed by atoms with Crippen molar-refractivity contribution in [2.24, 2.45) is 16.7 Å². The SMILES string of the molecule is C=C(CCc1cccc(C(=C)c2cc(CCCCCC(C)(C)C)ccc2C)c1)CC(C)(C)C.C=CC.CC.CCCCCC(C)C. The van der Waals surface area contributed by atoms with Gasteiger partial charge in [0, 0.05) is 0 Å². The lowest BCUT2D eigenvalue weighted by Gasteiger charge is -2.19. The highest BCUT2D eigenvalue weighted by Gasteiger charge is 2.13. The molecule has 0 fully saturated rings. The molecule has 0 saturated heterocycles. The Bertz CT molecular complexity index is 1080. The summed E-state index contributed by atoms with van der Waals surface area (Å²) in [6.07, 6.45) is 16.9. The predicted octanol–water partition coefficient (Wildman–Crippen LogP) is 15.6. The van der Waals surface area contributed by atoms with Crippen LogP contribution in [0.1, 0.15) is 175 Å². The zero-order chi connectivity index (χ0) is 35.8. The highest BCUT2D eigenvalue weighted by Crippen LogP contribution is 2.29. The van der Waals surface area contributed by atoms with Gasteiger partial charge >= 0.3 is 0 Å². The fraction of sp³-hybridized carbons (Fsp3) is 0.609. The molecule has 46 heavy (non-hydrogen) atoms. The van der Waals surface area contributed by atoms with E-state index in [2.05, 4.69) is 131 Å². The maximum atomic E-state index is 4.50. The van der Waals surface area contributed by atoms with Gasteiger partial charge in [-0.3, -0.25) is 0 Å². The third-order valence-corrected chi connectivity index (χ3v) is 7.73. The number of aryl methyl sites for hydroxylation is 3. The van der Waals surface area contributed by atoms with E-state index in [1.54, 1.807) is 6.08 Å². The van der Waals surface area contributed by atoms with E-state index in [0.717, 1.165) is 37.2 Å². The second kappa shape index (κ2) is 25.7. The van der Waals surface area contributed by atoms with Crippen LogP contribution in [0.25, 0.3) is 5.57 Å². The van der Waals surface area contributed by atoms with Crippen LogP contribution in [0.3, 0.4) is 0 Å². The number of benzene rings is 2. The van der Waals surface area contributed by atoms with E-state index in [0.29, 0.717) is 10.8 Å². The quantitative estimate of drug-likeness (QED) is 0.136. The van der Waals surface area contributed by atoms with Crippen LogP contribution in [0.5, 0.6) is 0 Å². The zero-order valence-electron chi connectivity index (χ0n) is 33.3. The van der Waals surface area contributed by atoms with Crippen LogP contribution < -0.4 is 0 Å². The maximum absolute atomic E-state index is 4.50. The fourth-order valence-corrected chi connectivity index (χ4v) is 5.34. The Hall–Kier alpha value is -2.34. The molecule has 2 rings (SSSR count). The Morgan fingerprint density at radius 2 is 1.39 bits per heavy atom. The lowest BCUT2D eigenvalue weighted by molar-refractivity contribution is 0.358. The molecule has 0 heterocycles. The minimum Gasteiger partial charge on any atom is -0.103 e. The van der Waals surface area contributed by atoms with Crippen molar-refractivity contribution in [1.29, 1.82) is 0 Å². The largest absolute Gasteiger partial charge is 0.103 e. The molecule has 0 amide bonds. The van der Waals surface area contributed by atoms with Gasteiger partial charge in [-0.05, 0) is 103 Å². The van der Waals surface area contributed by atoms with Gasteiger partial charge in [-0.25, -0.2) is 0 Å². The monoisotopic (exact) mass is 631 g/mol. The fourth-order valence-electron chi connectivity index (χ4n) is 5.34. The van der Waals surface area contributed by atoms with Crippen molar-refractivity contribution in [2.45, 2.75) is 167 Å². The highest BCUT2D eigenvalue weighted by molar-refractivity contribution is 5.80. The standard InChI is InChI=1S/C33H48.C8H18.C3H6.C2H6/c1-25(24-33(7,8)9)17-19-28-15-13-16-30(22-28)27(3)31-23-29(20-18-26(31)2)14-11-10-12-21-32(4,5)6;1-4-5-6-7-8(2)3;1-3-2;1-2/h13,15-16,18,20,22-23H,1,3,10-12,14,17,19,21,24H2,2,4-9H3;8H,4-7H2,1-3H3;3H,1H2,2H3;1-2H3. The topological polar surface area (TPSA) is 0 Å². The molecule has 0 heteroatoms. The van der Waals surface area contributed by atoms with Gasteiger partial charge in [-0.2, -0.15) is 0 Å². The van der Waals surface area contributed by atoms with E-state index in [1.165, 1.54) is 84.8 Å². The summed E-state index contributed by atoms with van der Waals surface area (Å²) in [6.45, 7) is 40.9. The molecule has 0 aliphatic heterocycles. The summed E-state index contributed by atoms with van der Waals surface area (Å²) in [7, 11) is 0. The first-order valence-electron chi connectivity index (χ1n) is 18.6. The molecule has 0 atom stereocenters. The van der Waals surface area contributed by atoms with Gasteiger partial charge in [0.2, 0.25) is 0 Å². The molecular weight excluding hydrogens is 553 g/mol. The summed E-state index contributed by atoms with van der Waals surface area (Å²) in [5.74, 6) is 0.904. The summed E-state index contributed by atoms with van der Waals surface area (Å²) in [5.41, 5.74) is 9.87. The molecule has 0 nitrogen and oxygen atoms in total. The Morgan fingerprint density at radius 3 is 1.93 bits per heavy atom. The van der Waals surface area contributed by atoms with Crippen LogP contribution in [-0.4, -0.2) is 0 Å². The molecular formula is C46H78. The Kier molecular flexibility index (Phi) is 25.6. The molecule has 0 saturated carbocycles. The van der Waals surface area contributed by atoms with Gasteiger partial charge in [0.05, 0.1) is 0 Å². The lowest BCUT2D eigenvalue weighted by atomic mass is 9.86. The average molecular weight is 631 g/mol. The molecule has 2 aromatic carbocycles. The molecule has 2 aromatic rings. The number of hydrogen-bond acceptors (Lipinski definition) is 0. The molecule has 0 bridgehead atoms. The van der Waals surface area contributed by atoms with Crippen LogP contribution in [0.4, 0.5) is 0 Å². The summed E-state index contributed by atoms with van der Waals surface area (Å²) in [4.78, 5) is 0. The third-order valence-electron chi connectivity index (χ3n) is 7.73. The van der Waals surface area contributed by atoms with E-state index in [-0.39, 0.29) is 0 Å². The number of hydrogen-bond donors (Lipinski definition) is 0. The molecule has 0 aromatic heterocycles. The molecule has 0 N–H and O–H groups in total. The minimum atomic E-state index is 0.308. The highest BCUT2D eigenvalue weighted by atomic mass is 14.2. The van der Waals surface area contributed by atoms with E-state index in [4.69, 9.17) is 0 Å². The molecule has 0 unspecified atom stereocenters. The predicted molar refractivity (Wildman–Crippen MR) is 215 cm³/mol. The summed E-state index contributed by atoms with van der Waals surface area (Å²) in [5, 5.41) is 0. The molecule has 0 aliphatic carbocycles. The second-order valence-electron chi connectivity index (χ2n) is 15.7. The van der Waals surface area contributed by atoms with E-state index in [1.807, 2.05) is 20.8 Å². The third kappa shape index (κ3) is 24.8. The van der Waals surface area contributed by atoms with Gasteiger partial charge in [0.25, 0.3) is 0 Å². The normalized spacial score (nSPS) is 10.9. The average Bonchev–Trinajstić information content (AvgIpc) is 2.97. The second-order valence-corrected chi connectivity index (χ2v) is 15.7. The number of allylic oxidation sites excluding steroid dienone is 2. The van der Waals surface area contributed by atoms with Crippen molar-refractivity contribution in [3.63, 3.8) is 0 Å². The van der Waals surface area contributed by atoms with Crippen LogP contribution >= 0.6 is 0 Å². The first-order chi connectivity index (χ1) is 21.5. The van der Waals surface area contributed by atoms with Gasteiger partial charge in [-0.1, -0.05) is 182 Å². The minimum absolute atomic E-state index is 0.308. The van der Waals surface area contributed by atoms with E-state index >= 15 is 0 Å². The zero-order valence-corrected chi connectivity index (χ0v) is 33.3. The van der Waals surface area contributed by atoms with Gasteiger partial charge in [0.15, 0.2) is 0 Å². The summed E-state index contributed by atoms with van der Waals surface area (Å²) < 4.78 is 0. The van der Waals surface area contributed by atoms with E-state index in [9.17, 15) is 0 Å². The Labute approximate surface area is 290 Å². The van der Waals surface area contributed by atoms with Crippen molar-refractivity contribution < 1.29 is 0 Å². The lowest BCUT2D eigenvalue weighted by Crippen LogP contribution is -2.06. The van der Waals surface area contributed by atoms with Crippen molar-refractivity contribution in [3.05, 3.63) is 102 Å². The van der Waals surface area contributed by atoms with Crippen LogP contribution in [0.15, 0.2) is 73.9 Å². The smallest absolute Gasteiger partial charge is 0.0152 e. The molecule has 0 aliphatic rings. The first kappa shape index (κ1) is 45.8. The maximum Gasteiger partial charge on any atom is -0.0152 e. The summed E-state index contributed by atoms with van der Waals surface area (Å²) in [6, 6.07) is 15.9. The number of rotatable bonds is 15. The van der Waals surface area contributed by atoms with Crippen LogP contribution in [-0.2, 0) is 12.8 Å². The van der Waals surface area contributed by atoms with Crippen molar-refractivity contribution in [3.8, 4) is 0 Å².